The molecule has 0 spiro atoms. The van der Waals surface area contributed by atoms with Gasteiger partial charge in [0.1, 0.15) is 5.03 Å². The topological polar surface area (TPSA) is 82.5 Å². The van der Waals surface area contributed by atoms with Crippen molar-refractivity contribution in [1.82, 2.24) is 25.2 Å². The van der Waals surface area contributed by atoms with Gasteiger partial charge in [-0.3, -0.25) is 0 Å². The Balaban J connectivity index is 1.88. The molecule has 0 amide bonds. The first-order chi connectivity index (χ1) is 8.38. The Bertz CT molecular complexity index is 521. The largest absolute Gasteiger partial charge is 0.326 e. The van der Waals surface area contributed by atoms with E-state index in [0.29, 0.717) is 12.6 Å². The second-order valence-corrected chi connectivity index (χ2v) is 4.87. The second kappa shape index (κ2) is 4.42. The predicted octanol–water partition coefficient (Wildman–Crippen LogP) is 1.01. The minimum absolute atomic E-state index is 0.470. The van der Waals surface area contributed by atoms with Crippen molar-refractivity contribution in [2.75, 3.05) is 0 Å². The maximum atomic E-state index is 5.68. The van der Waals surface area contributed by atoms with E-state index in [1.54, 1.807) is 6.20 Å². The Morgan fingerprint density at radius 2 is 2.35 bits per heavy atom. The fourth-order valence-corrected chi connectivity index (χ4v) is 2.48. The van der Waals surface area contributed by atoms with Crippen molar-refractivity contribution in [3.8, 4) is 0 Å². The molecular weight excluding hydrogens is 236 g/mol. The fraction of sp³-hybridized carbons (Fsp3) is 0.400. The smallest absolute Gasteiger partial charge is 0.215 e. The monoisotopic (exact) mass is 248 g/mol. The molecule has 0 saturated heterocycles. The van der Waals surface area contributed by atoms with Crippen LogP contribution in [0.2, 0.25) is 0 Å². The maximum absolute atomic E-state index is 5.68. The lowest BCUT2D eigenvalue weighted by atomic mass is 10.3. The number of nitrogens with two attached hydrogens (primary N) is 1. The molecule has 2 aromatic heterocycles. The third-order valence-corrected chi connectivity index (χ3v) is 3.63. The zero-order valence-electron chi connectivity index (χ0n) is 9.15. The van der Waals surface area contributed by atoms with E-state index in [0.717, 1.165) is 28.6 Å². The van der Waals surface area contributed by atoms with Crippen LogP contribution < -0.4 is 5.73 Å². The Morgan fingerprint density at radius 1 is 1.47 bits per heavy atom. The van der Waals surface area contributed by atoms with E-state index in [2.05, 4.69) is 20.5 Å². The van der Waals surface area contributed by atoms with Gasteiger partial charge in [-0.25, -0.2) is 9.67 Å². The molecule has 0 aromatic carbocycles. The standard InChI is InChI=1S/C10H12N6S/c11-6-7-2-1-5-12-9(7)17-10-13-14-15-16(10)8-3-4-8/h1-2,5,8H,3-4,6,11H2. The van der Waals surface area contributed by atoms with Gasteiger partial charge in [0, 0.05) is 12.7 Å². The van der Waals surface area contributed by atoms with Crippen LogP contribution in [0.4, 0.5) is 0 Å². The number of hydrogen-bond donors (Lipinski definition) is 1. The molecule has 1 saturated carbocycles. The lowest BCUT2D eigenvalue weighted by molar-refractivity contribution is 0.565. The molecule has 7 heteroatoms. The summed E-state index contributed by atoms with van der Waals surface area (Å²) in [6.07, 6.45) is 4.07. The van der Waals surface area contributed by atoms with Crippen LogP contribution in [0.5, 0.6) is 0 Å². The molecule has 2 heterocycles. The summed E-state index contributed by atoms with van der Waals surface area (Å²) in [7, 11) is 0. The first-order valence-corrected chi connectivity index (χ1v) is 6.30. The zero-order valence-corrected chi connectivity index (χ0v) is 9.97. The van der Waals surface area contributed by atoms with Crippen LogP contribution >= 0.6 is 11.8 Å². The van der Waals surface area contributed by atoms with E-state index >= 15 is 0 Å². The number of tetrazole rings is 1. The normalized spacial score (nSPS) is 15.1. The minimum atomic E-state index is 0.470. The van der Waals surface area contributed by atoms with Crippen molar-refractivity contribution in [3.05, 3.63) is 23.9 Å². The van der Waals surface area contributed by atoms with E-state index in [1.165, 1.54) is 11.8 Å². The van der Waals surface area contributed by atoms with Gasteiger partial charge in [0.15, 0.2) is 0 Å². The van der Waals surface area contributed by atoms with Crippen LogP contribution in [0.15, 0.2) is 28.5 Å². The average molecular weight is 248 g/mol. The molecule has 1 aliphatic rings. The van der Waals surface area contributed by atoms with Crippen molar-refractivity contribution in [2.45, 2.75) is 35.6 Å². The van der Waals surface area contributed by atoms with Gasteiger partial charge in [-0.15, -0.1) is 5.10 Å². The first kappa shape index (κ1) is 10.7. The highest BCUT2D eigenvalue weighted by atomic mass is 32.2. The fourth-order valence-electron chi connectivity index (χ4n) is 1.56. The van der Waals surface area contributed by atoms with Gasteiger partial charge in [-0.05, 0) is 46.7 Å². The number of nitrogens with zero attached hydrogens (tertiary/aromatic N) is 5. The van der Waals surface area contributed by atoms with Gasteiger partial charge in [-0.1, -0.05) is 6.07 Å². The van der Waals surface area contributed by atoms with Crippen LogP contribution in [0.3, 0.4) is 0 Å². The first-order valence-electron chi connectivity index (χ1n) is 5.48. The lowest BCUT2D eigenvalue weighted by Gasteiger charge is -2.05. The molecule has 6 nitrogen and oxygen atoms in total. The summed E-state index contributed by atoms with van der Waals surface area (Å²) in [6, 6.07) is 4.33. The van der Waals surface area contributed by atoms with Crippen molar-refractivity contribution in [3.63, 3.8) is 0 Å². The molecule has 0 radical (unpaired) electrons. The van der Waals surface area contributed by atoms with Crippen LogP contribution in [0.25, 0.3) is 0 Å². The highest BCUT2D eigenvalue weighted by molar-refractivity contribution is 7.99. The van der Waals surface area contributed by atoms with Crippen LogP contribution in [-0.4, -0.2) is 25.2 Å². The third kappa shape index (κ3) is 2.16. The van der Waals surface area contributed by atoms with Crippen LogP contribution in [0, 0.1) is 0 Å². The number of rotatable bonds is 4. The molecular formula is C10H12N6S. The summed E-state index contributed by atoms with van der Waals surface area (Å²) in [4.78, 5) is 4.32. The van der Waals surface area contributed by atoms with Crippen molar-refractivity contribution in [1.29, 1.82) is 0 Å². The Labute approximate surface area is 103 Å². The Hall–Kier alpha value is -1.47. The molecule has 0 unspecified atom stereocenters. The SMILES string of the molecule is NCc1cccnc1Sc1nnnn1C1CC1. The maximum Gasteiger partial charge on any atom is 0.215 e. The zero-order chi connectivity index (χ0) is 11.7. The second-order valence-electron chi connectivity index (χ2n) is 3.91. The summed E-state index contributed by atoms with van der Waals surface area (Å²) < 4.78 is 1.87. The van der Waals surface area contributed by atoms with Gasteiger partial charge in [0.05, 0.1) is 6.04 Å². The molecule has 0 aliphatic heterocycles. The summed E-state index contributed by atoms with van der Waals surface area (Å²) >= 11 is 1.48. The van der Waals surface area contributed by atoms with E-state index < -0.39 is 0 Å². The van der Waals surface area contributed by atoms with Gasteiger partial charge in [-0.2, -0.15) is 0 Å². The Kier molecular flexibility index (Phi) is 2.77. The number of hydrogen-bond acceptors (Lipinski definition) is 6. The quantitative estimate of drug-likeness (QED) is 0.869. The van der Waals surface area contributed by atoms with Crippen molar-refractivity contribution < 1.29 is 0 Å². The van der Waals surface area contributed by atoms with Gasteiger partial charge in [0.2, 0.25) is 5.16 Å². The highest BCUT2D eigenvalue weighted by Crippen LogP contribution is 2.37. The summed E-state index contributed by atoms with van der Waals surface area (Å²) in [5, 5.41) is 13.4. The molecule has 17 heavy (non-hydrogen) atoms. The molecule has 1 aliphatic carbocycles. The lowest BCUT2D eigenvalue weighted by Crippen LogP contribution is -2.02. The molecule has 2 N–H and O–H groups in total. The molecule has 0 atom stereocenters. The molecule has 0 bridgehead atoms. The molecule has 88 valence electrons. The van der Waals surface area contributed by atoms with Crippen molar-refractivity contribution >= 4 is 11.8 Å². The van der Waals surface area contributed by atoms with E-state index in [-0.39, 0.29) is 0 Å². The predicted molar refractivity (Wildman–Crippen MR) is 62.3 cm³/mol. The third-order valence-electron chi connectivity index (χ3n) is 2.61. The number of aromatic nitrogens is 5. The summed E-state index contributed by atoms with van der Waals surface area (Å²) in [5.74, 6) is 0. The highest BCUT2D eigenvalue weighted by Gasteiger charge is 2.28. The molecule has 2 aromatic rings. The summed E-state index contributed by atoms with van der Waals surface area (Å²) in [5.41, 5.74) is 6.69. The van der Waals surface area contributed by atoms with E-state index in [4.69, 9.17) is 5.73 Å². The Morgan fingerprint density at radius 3 is 3.12 bits per heavy atom. The summed E-state index contributed by atoms with van der Waals surface area (Å²) in [6.45, 7) is 0.473. The van der Waals surface area contributed by atoms with Gasteiger partial charge in [0.25, 0.3) is 0 Å². The average Bonchev–Trinajstić information content (AvgIpc) is 3.11. The van der Waals surface area contributed by atoms with E-state index in [9.17, 15) is 0 Å². The van der Waals surface area contributed by atoms with Crippen LogP contribution in [0.1, 0.15) is 24.4 Å². The van der Waals surface area contributed by atoms with Crippen LogP contribution in [-0.2, 0) is 6.54 Å². The molecule has 1 fully saturated rings. The molecule has 3 rings (SSSR count). The number of pyridine rings is 1. The van der Waals surface area contributed by atoms with Crippen molar-refractivity contribution in [2.24, 2.45) is 5.73 Å². The van der Waals surface area contributed by atoms with E-state index in [1.807, 2.05) is 16.8 Å². The minimum Gasteiger partial charge on any atom is -0.326 e. The van der Waals surface area contributed by atoms with Gasteiger partial charge < -0.3 is 5.73 Å². The van der Waals surface area contributed by atoms with Gasteiger partial charge >= 0.3 is 0 Å².